The highest BCUT2D eigenvalue weighted by Gasteiger charge is 2.20. The fourth-order valence-corrected chi connectivity index (χ4v) is 5.81. The Hall–Kier alpha value is -4.14. The second-order valence-electron chi connectivity index (χ2n) is 8.82. The van der Waals surface area contributed by atoms with Crippen LogP contribution < -0.4 is 0 Å². The summed E-state index contributed by atoms with van der Waals surface area (Å²) in [5, 5.41) is 15.3. The molecule has 2 aromatic carbocycles. The normalized spacial score (nSPS) is 11.4. The van der Waals surface area contributed by atoms with E-state index in [1.165, 1.54) is 0 Å². The summed E-state index contributed by atoms with van der Waals surface area (Å²) in [5.74, 6) is -0.875. The Morgan fingerprint density at radius 2 is 1.81 bits per heavy atom. The van der Waals surface area contributed by atoms with Gasteiger partial charge in [-0.2, -0.15) is 5.10 Å². The fraction of sp³-hybridized carbons (Fsp3) is 0.107. The van der Waals surface area contributed by atoms with Crippen molar-refractivity contribution in [2.45, 2.75) is 13.3 Å². The van der Waals surface area contributed by atoms with E-state index in [1.54, 1.807) is 34.6 Å². The first-order valence-corrected chi connectivity index (χ1v) is 12.7. The highest BCUT2D eigenvalue weighted by atomic mass is 35.5. The van der Waals surface area contributed by atoms with Crippen LogP contribution in [0.2, 0.25) is 5.02 Å². The molecule has 6 aromatic rings. The molecular formula is C28H20ClN5O2S. The van der Waals surface area contributed by atoms with Crippen molar-refractivity contribution >= 4 is 50.2 Å². The molecule has 0 bridgehead atoms. The molecule has 0 aliphatic rings. The average molecular weight is 526 g/mol. The smallest absolute Gasteiger partial charge is 0.307 e. The first-order chi connectivity index (χ1) is 17.9. The van der Waals surface area contributed by atoms with E-state index in [-0.39, 0.29) is 6.42 Å². The van der Waals surface area contributed by atoms with Crippen LogP contribution in [0.25, 0.3) is 54.2 Å². The van der Waals surface area contributed by atoms with Gasteiger partial charge in [0.25, 0.3) is 0 Å². The second-order valence-corrected chi connectivity index (χ2v) is 10.3. The van der Waals surface area contributed by atoms with Crippen LogP contribution in [0, 0.1) is 6.92 Å². The average Bonchev–Trinajstić information content (AvgIpc) is 3.48. The predicted octanol–water partition coefficient (Wildman–Crippen LogP) is 6.56. The molecule has 4 heterocycles. The number of benzene rings is 2. The molecule has 37 heavy (non-hydrogen) atoms. The zero-order valence-corrected chi connectivity index (χ0v) is 21.5. The van der Waals surface area contributed by atoms with Gasteiger partial charge in [0.2, 0.25) is 0 Å². The topological polar surface area (TPSA) is 93.8 Å². The molecule has 0 spiro atoms. The zero-order chi connectivity index (χ0) is 25.7. The number of thiazole rings is 1. The number of carboxylic acids is 1. The maximum atomic E-state index is 11.7. The number of carbonyl (C=O) groups is 1. The molecule has 0 amide bonds. The summed E-state index contributed by atoms with van der Waals surface area (Å²) in [5.41, 5.74) is 8.66. The molecule has 9 heteroatoms. The number of rotatable bonds is 5. The van der Waals surface area contributed by atoms with Crippen molar-refractivity contribution in [3.05, 3.63) is 83.3 Å². The lowest BCUT2D eigenvalue weighted by Gasteiger charge is -2.13. The molecule has 0 aliphatic carbocycles. The summed E-state index contributed by atoms with van der Waals surface area (Å²) in [6.45, 7) is 1.93. The van der Waals surface area contributed by atoms with Crippen molar-refractivity contribution in [3.8, 4) is 33.0 Å². The Morgan fingerprint density at radius 3 is 2.59 bits per heavy atom. The fourth-order valence-electron chi connectivity index (χ4n) is 4.55. The highest BCUT2D eigenvalue weighted by molar-refractivity contribution is 7.22. The van der Waals surface area contributed by atoms with Gasteiger partial charge in [-0.3, -0.25) is 19.4 Å². The summed E-state index contributed by atoms with van der Waals surface area (Å²) in [4.78, 5) is 25.8. The lowest BCUT2D eigenvalue weighted by Crippen LogP contribution is -2.04. The van der Waals surface area contributed by atoms with E-state index in [2.05, 4.69) is 15.1 Å². The first kappa shape index (κ1) is 23.3. The van der Waals surface area contributed by atoms with Crippen molar-refractivity contribution in [2.24, 2.45) is 7.05 Å². The Balaban J connectivity index is 1.51. The summed E-state index contributed by atoms with van der Waals surface area (Å²) < 4.78 is 2.73. The van der Waals surface area contributed by atoms with E-state index in [9.17, 15) is 9.90 Å². The van der Waals surface area contributed by atoms with Crippen molar-refractivity contribution in [1.29, 1.82) is 0 Å². The van der Waals surface area contributed by atoms with Crippen LogP contribution in [-0.4, -0.2) is 35.8 Å². The number of nitrogens with zero attached hydrogens (tertiary/aromatic N) is 5. The van der Waals surface area contributed by atoms with Gasteiger partial charge in [0, 0.05) is 41.2 Å². The van der Waals surface area contributed by atoms with Crippen molar-refractivity contribution in [3.63, 3.8) is 0 Å². The quantitative estimate of drug-likeness (QED) is 0.274. The van der Waals surface area contributed by atoms with Gasteiger partial charge in [0.15, 0.2) is 0 Å². The van der Waals surface area contributed by atoms with Gasteiger partial charge < -0.3 is 5.11 Å². The number of aliphatic carboxylic acids is 1. The van der Waals surface area contributed by atoms with Gasteiger partial charge >= 0.3 is 5.97 Å². The maximum Gasteiger partial charge on any atom is 0.307 e. The second kappa shape index (κ2) is 9.06. The van der Waals surface area contributed by atoms with Gasteiger partial charge in [-0.05, 0) is 60.0 Å². The zero-order valence-electron chi connectivity index (χ0n) is 19.9. The number of hydrogen-bond donors (Lipinski definition) is 1. The third-order valence-corrected chi connectivity index (χ3v) is 7.76. The predicted molar refractivity (Wildman–Crippen MR) is 147 cm³/mol. The Morgan fingerprint density at radius 1 is 1.00 bits per heavy atom. The van der Waals surface area contributed by atoms with E-state index in [4.69, 9.17) is 16.6 Å². The van der Waals surface area contributed by atoms with Crippen molar-refractivity contribution in [2.75, 3.05) is 0 Å². The SMILES string of the molecule is Cc1cc2nc(-c3ccnc(-c4cnc5cnn(C)c5c4)c3)sc2c(-c2ccc(Cl)cc2)c1CC(=O)O. The minimum atomic E-state index is -0.875. The Kier molecular flexibility index (Phi) is 5.70. The maximum absolute atomic E-state index is 11.7. The van der Waals surface area contributed by atoms with Crippen LogP contribution in [0.4, 0.5) is 0 Å². The summed E-state index contributed by atoms with van der Waals surface area (Å²) in [6.07, 6.45) is 5.23. The van der Waals surface area contributed by atoms with Crippen LogP contribution in [0.15, 0.2) is 67.1 Å². The molecule has 0 aliphatic heterocycles. The van der Waals surface area contributed by atoms with E-state index < -0.39 is 5.97 Å². The van der Waals surface area contributed by atoms with Gasteiger partial charge in [-0.1, -0.05) is 23.7 Å². The summed E-state index contributed by atoms with van der Waals surface area (Å²) in [7, 11) is 1.89. The number of hydrogen-bond acceptors (Lipinski definition) is 6. The standard InChI is InChI=1S/C28H20ClN5O2S/c1-15-9-22-27(26(20(15)12-25(35)36)16-3-5-19(29)6-4-16)37-28(33-22)17-7-8-30-21(10-17)18-11-24-23(31-13-18)14-32-34(24)2/h3-11,13-14H,12H2,1-2H3,(H,35,36). The number of halogens is 1. The van der Waals surface area contributed by atoms with Crippen LogP contribution in [0.5, 0.6) is 0 Å². The lowest BCUT2D eigenvalue weighted by molar-refractivity contribution is -0.136. The highest BCUT2D eigenvalue weighted by Crippen LogP contribution is 2.41. The molecule has 182 valence electrons. The lowest BCUT2D eigenvalue weighted by atomic mass is 9.93. The third kappa shape index (κ3) is 4.24. The first-order valence-electron chi connectivity index (χ1n) is 11.5. The Bertz CT molecular complexity index is 1820. The molecule has 0 unspecified atom stereocenters. The summed E-state index contributed by atoms with van der Waals surface area (Å²) >= 11 is 7.68. The van der Waals surface area contributed by atoms with E-state index in [0.717, 1.165) is 65.3 Å². The van der Waals surface area contributed by atoms with Crippen molar-refractivity contribution < 1.29 is 9.90 Å². The molecular weight excluding hydrogens is 506 g/mol. The number of aryl methyl sites for hydroxylation is 2. The largest absolute Gasteiger partial charge is 0.481 e. The van der Waals surface area contributed by atoms with Crippen LogP contribution in [0.1, 0.15) is 11.1 Å². The van der Waals surface area contributed by atoms with E-state index in [0.29, 0.717) is 5.02 Å². The molecule has 4 aromatic heterocycles. The van der Waals surface area contributed by atoms with E-state index >= 15 is 0 Å². The summed E-state index contributed by atoms with van der Waals surface area (Å²) in [6, 6.07) is 15.4. The van der Waals surface area contributed by atoms with Gasteiger partial charge in [0.1, 0.15) is 10.5 Å². The Labute approximate surface area is 221 Å². The van der Waals surface area contributed by atoms with Crippen LogP contribution >= 0.6 is 22.9 Å². The number of fused-ring (bicyclic) bond motifs is 2. The monoisotopic (exact) mass is 525 g/mol. The van der Waals surface area contributed by atoms with Crippen LogP contribution in [0.3, 0.4) is 0 Å². The van der Waals surface area contributed by atoms with Gasteiger partial charge in [0.05, 0.1) is 34.0 Å². The molecule has 0 atom stereocenters. The molecule has 7 nitrogen and oxygen atoms in total. The van der Waals surface area contributed by atoms with Crippen molar-refractivity contribution in [1.82, 2.24) is 24.7 Å². The number of aromatic nitrogens is 5. The third-order valence-electron chi connectivity index (χ3n) is 6.37. The minimum absolute atomic E-state index is 0.0736. The number of pyridine rings is 2. The molecule has 0 saturated heterocycles. The molecule has 6 rings (SSSR count). The number of carboxylic acid groups (broad SMARTS) is 1. The van der Waals surface area contributed by atoms with Gasteiger partial charge in [-0.25, -0.2) is 4.98 Å². The molecule has 0 saturated carbocycles. The van der Waals surface area contributed by atoms with Crippen LogP contribution in [-0.2, 0) is 18.3 Å². The molecule has 1 N–H and O–H groups in total. The molecule has 0 fully saturated rings. The van der Waals surface area contributed by atoms with E-state index in [1.807, 2.05) is 62.5 Å². The minimum Gasteiger partial charge on any atom is -0.481 e. The molecule has 0 radical (unpaired) electrons. The van der Waals surface area contributed by atoms with Gasteiger partial charge in [-0.15, -0.1) is 11.3 Å².